The molecule has 3 aromatic rings. The zero-order valence-corrected chi connectivity index (χ0v) is 17.5. The van der Waals surface area contributed by atoms with Crippen LogP contribution < -0.4 is 10.6 Å². The van der Waals surface area contributed by atoms with Crippen LogP contribution in [0.3, 0.4) is 0 Å². The second-order valence-corrected chi connectivity index (χ2v) is 7.54. The van der Waals surface area contributed by atoms with Gasteiger partial charge in [0.15, 0.2) is 0 Å². The molecule has 0 bridgehead atoms. The van der Waals surface area contributed by atoms with E-state index >= 15 is 0 Å². The van der Waals surface area contributed by atoms with Crippen molar-refractivity contribution in [3.63, 3.8) is 0 Å². The number of nitrogens with zero attached hydrogens (tertiary/aromatic N) is 2. The predicted molar refractivity (Wildman–Crippen MR) is 121 cm³/mol. The maximum Gasteiger partial charge on any atom is 0.256 e. The molecule has 6 heteroatoms. The van der Waals surface area contributed by atoms with Crippen LogP contribution in [0.4, 0.5) is 5.69 Å². The number of fused-ring (bicyclic) bond motifs is 1. The molecule has 2 N–H and O–H groups in total. The lowest BCUT2D eigenvalue weighted by molar-refractivity contribution is 0.0742. The molecule has 0 radical (unpaired) electrons. The molecule has 0 fully saturated rings. The van der Waals surface area contributed by atoms with E-state index < -0.39 is 0 Å². The van der Waals surface area contributed by atoms with Gasteiger partial charge in [-0.2, -0.15) is 0 Å². The lowest BCUT2D eigenvalue weighted by Crippen LogP contribution is -2.33. The molecule has 158 valence electrons. The molecule has 4 rings (SSSR count). The van der Waals surface area contributed by atoms with Gasteiger partial charge in [-0.3, -0.25) is 14.6 Å². The van der Waals surface area contributed by atoms with E-state index in [2.05, 4.69) is 22.5 Å². The molecule has 0 aliphatic carbocycles. The number of hydrogen-bond acceptors (Lipinski definition) is 4. The SMILES string of the molecule is CCCN1C(=O)c2ccccc2[C@@H]1Nc1cccc(C(=O)NCCc2ccccn2)c1. The molecule has 6 nitrogen and oxygen atoms in total. The molecule has 1 aliphatic rings. The van der Waals surface area contributed by atoms with Crippen molar-refractivity contribution in [3.8, 4) is 0 Å². The van der Waals surface area contributed by atoms with Crippen LogP contribution in [0, 0.1) is 0 Å². The number of nitrogens with one attached hydrogen (secondary N) is 2. The first-order chi connectivity index (χ1) is 15.2. The van der Waals surface area contributed by atoms with Crippen LogP contribution in [0.1, 0.15) is 51.5 Å². The summed E-state index contributed by atoms with van der Waals surface area (Å²) in [5.41, 5.74) is 4.01. The number of aromatic nitrogens is 1. The van der Waals surface area contributed by atoms with Gasteiger partial charge >= 0.3 is 0 Å². The summed E-state index contributed by atoms with van der Waals surface area (Å²) in [6.07, 6.45) is 3.06. The summed E-state index contributed by atoms with van der Waals surface area (Å²) in [6.45, 7) is 3.24. The molecule has 31 heavy (non-hydrogen) atoms. The Kier molecular flexibility index (Phi) is 6.26. The minimum Gasteiger partial charge on any atom is -0.361 e. The third-order valence-corrected chi connectivity index (χ3v) is 5.34. The van der Waals surface area contributed by atoms with E-state index in [4.69, 9.17) is 0 Å². The average Bonchev–Trinajstić information content (AvgIpc) is 3.06. The zero-order valence-electron chi connectivity index (χ0n) is 17.5. The van der Waals surface area contributed by atoms with Gasteiger partial charge in [-0.15, -0.1) is 0 Å². The van der Waals surface area contributed by atoms with Gasteiger partial charge in [-0.25, -0.2) is 0 Å². The minimum absolute atomic E-state index is 0.0402. The number of pyridine rings is 1. The van der Waals surface area contributed by atoms with Crippen molar-refractivity contribution < 1.29 is 9.59 Å². The number of anilines is 1. The van der Waals surface area contributed by atoms with Crippen molar-refractivity contribution in [2.24, 2.45) is 0 Å². The third-order valence-electron chi connectivity index (χ3n) is 5.34. The topological polar surface area (TPSA) is 74.3 Å². The summed E-state index contributed by atoms with van der Waals surface area (Å²) in [6, 6.07) is 20.8. The molecular weight excluding hydrogens is 388 g/mol. The van der Waals surface area contributed by atoms with Gasteiger partial charge in [0.1, 0.15) is 6.17 Å². The molecule has 0 saturated carbocycles. The maximum absolute atomic E-state index is 12.8. The molecule has 0 unspecified atom stereocenters. The Morgan fingerprint density at radius 2 is 1.90 bits per heavy atom. The smallest absolute Gasteiger partial charge is 0.256 e. The van der Waals surface area contributed by atoms with Crippen molar-refractivity contribution in [1.82, 2.24) is 15.2 Å². The highest BCUT2D eigenvalue weighted by Crippen LogP contribution is 2.34. The number of amides is 2. The molecule has 1 atom stereocenters. The first-order valence-electron chi connectivity index (χ1n) is 10.6. The van der Waals surface area contributed by atoms with E-state index in [9.17, 15) is 9.59 Å². The Morgan fingerprint density at radius 1 is 1.06 bits per heavy atom. The maximum atomic E-state index is 12.8. The van der Waals surface area contributed by atoms with Crippen molar-refractivity contribution in [2.45, 2.75) is 25.9 Å². The van der Waals surface area contributed by atoms with Crippen LogP contribution in [0.15, 0.2) is 72.9 Å². The van der Waals surface area contributed by atoms with Gasteiger partial charge < -0.3 is 15.5 Å². The van der Waals surface area contributed by atoms with Gasteiger partial charge in [0.25, 0.3) is 11.8 Å². The molecule has 1 aliphatic heterocycles. The number of carbonyl (C=O) groups is 2. The molecule has 2 heterocycles. The fourth-order valence-corrected chi connectivity index (χ4v) is 3.86. The van der Waals surface area contributed by atoms with Crippen LogP contribution in [0.25, 0.3) is 0 Å². The third kappa shape index (κ3) is 4.58. The fourth-order valence-electron chi connectivity index (χ4n) is 3.86. The average molecular weight is 415 g/mol. The second kappa shape index (κ2) is 9.43. The standard InChI is InChI=1S/C25H26N4O2/c1-2-16-29-23(21-11-3-4-12-22(21)25(29)31)28-20-10-7-8-18(17-20)24(30)27-15-13-19-9-5-6-14-26-19/h3-12,14,17,23,28H,2,13,15-16H2,1H3,(H,27,30)/t23-/m1/s1. The van der Waals surface area contributed by atoms with Gasteiger partial charge in [0.2, 0.25) is 0 Å². The number of carbonyl (C=O) groups excluding carboxylic acids is 2. The van der Waals surface area contributed by atoms with E-state index in [0.717, 1.165) is 28.9 Å². The number of hydrogen-bond donors (Lipinski definition) is 2. The summed E-state index contributed by atoms with van der Waals surface area (Å²) < 4.78 is 0. The van der Waals surface area contributed by atoms with Crippen LogP contribution in [0.5, 0.6) is 0 Å². The summed E-state index contributed by atoms with van der Waals surface area (Å²) in [5, 5.41) is 6.40. The number of benzene rings is 2. The predicted octanol–water partition coefficient (Wildman–Crippen LogP) is 4.03. The number of rotatable bonds is 8. The summed E-state index contributed by atoms with van der Waals surface area (Å²) >= 11 is 0. The Bertz CT molecular complexity index is 1070. The Hall–Kier alpha value is -3.67. The Morgan fingerprint density at radius 3 is 2.71 bits per heavy atom. The molecular formula is C25H26N4O2. The fraction of sp³-hybridized carbons (Fsp3) is 0.240. The van der Waals surface area contributed by atoms with Crippen LogP contribution in [-0.2, 0) is 6.42 Å². The Balaban J connectivity index is 1.45. The molecule has 0 saturated heterocycles. The monoisotopic (exact) mass is 414 g/mol. The highest BCUT2D eigenvalue weighted by atomic mass is 16.2. The van der Waals surface area contributed by atoms with Crippen molar-refractivity contribution in [3.05, 3.63) is 95.3 Å². The van der Waals surface area contributed by atoms with Gasteiger partial charge in [-0.1, -0.05) is 37.3 Å². The lowest BCUT2D eigenvalue weighted by Gasteiger charge is -2.27. The van der Waals surface area contributed by atoms with Crippen LogP contribution >= 0.6 is 0 Å². The van der Waals surface area contributed by atoms with Crippen LogP contribution in [0.2, 0.25) is 0 Å². The minimum atomic E-state index is -0.244. The highest BCUT2D eigenvalue weighted by Gasteiger charge is 2.35. The molecule has 1 aromatic heterocycles. The van der Waals surface area contributed by atoms with Gasteiger partial charge in [-0.05, 0) is 42.8 Å². The summed E-state index contributed by atoms with van der Waals surface area (Å²) in [5.74, 6) is -0.0914. The normalized spacial score (nSPS) is 14.9. The van der Waals surface area contributed by atoms with Gasteiger partial charge in [0, 0.05) is 53.8 Å². The van der Waals surface area contributed by atoms with E-state index in [1.807, 2.05) is 65.6 Å². The van der Waals surface area contributed by atoms with Crippen LogP contribution in [-0.4, -0.2) is 34.8 Å². The molecule has 0 spiro atoms. The molecule has 2 amide bonds. The second-order valence-electron chi connectivity index (χ2n) is 7.54. The van der Waals surface area contributed by atoms with E-state index in [0.29, 0.717) is 25.1 Å². The summed E-state index contributed by atoms with van der Waals surface area (Å²) in [7, 11) is 0. The molecule has 2 aromatic carbocycles. The van der Waals surface area contributed by atoms with Gasteiger partial charge in [0.05, 0.1) is 0 Å². The largest absolute Gasteiger partial charge is 0.361 e. The van der Waals surface area contributed by atoms with E-state index in [1.165, 1.54) is 0 Å². The van der Waals surface area contributed by atoms with Crippen molar-refractivity contribution in [1.29, 1.82) is 0 Å². The van der Waals surface area contributed by atoms with Crippen molar-refractivity contribution >= 4 is 17.5 Å². The first kappa shape index (κ1) is 20.6. The van der Waals surface area contributed by atoms with Crippen molar-refractivity contribution in [2.75, 3.05) is 18.4 Å². The lowest BCUT2D eigenvalue weighted by atomic mass is 10.1. The van der Waals surface area contributed by atoms with E-state index in [1.54, 1.807) is 12.3 Å². The zero-order chi connectivity index (χ0) is 21.6. The summed E-state index contributed by atoms with van der Waals surface area (Å²) in [4.78, 5) is 31.6. The first-order valence-corrected chi connectivity index (χ1v) is 10.6. The highest BCUT2D eigenvalue weighted by molar-refractivity contribution is 5.99. The quantitative estimate of drug-likeness (QED) is 0.584. The Labute approximate surface area is 182 Å². The van der Waals surface area contributed by atoms with E-state index in [-0.39, 0.29) is 18.0 Å².